The first-order chi connectivity index (χ1) is 12.3. The lowest BCUT2D eigenvalue weighted by Crippen LogP contribution is -2.47. The minimum Gasteiger partial charge on any atom is -0.394 e. The van der Waals surface area contributed by atoms with E-state index in [-0.39, 0.29) is 29.3 Å². The lowest BCUT2D eigenvalue weighted by molar-refractivity contribution is -0.124. The number of aliphatic hydroxyl groups excluding tert-OH is 2. The van der Waals surface area contributed by atoms with Crippen LogP contribution in [-0.2, 0) is 4.79 Å². The van der Waals surface area contributed by atoms with E-state index in [1.807, 2.05) is 0 Å². The van der Waals surface area contributed by atoms with Gasteiger partial charge in [-0.1, -0.05) is 37.1 Å². The number of carbonyl (C=O) groups excluding carboxylic acids is 1. The van der Waals surface area contributed by atoms with Crippen molar-refractivity contribution in [3.63, 3.8) is 0 Å². The molecule has 7 atom stereocenters. The molecule has 0 amide bonds. The third kappa shape index (κ3) is 2.50. The smallest absolute Gasteiger partial charge is 0.133 e. The van der Waals surface area contributed by atoms with E-state index in [0.717, 1.165) is 38.5 Å². The van der Waals surface area contributed by atoms with Crippen molar-refractivity contribution in [2.75, 3.05) is 6.61 Å². The summed E-state index contributed by atoms with van der Waals surface area (Å²) in [7, 11) is 0. The second kappa shape index (κ2) is 6.31. The molecule has 26 heavy (non-hydrogen) atoms. The van der Waals surface area contributed by atoms with Crippen LogP contribution >= 0.6 is 0 Å². The monoisotopic (exact) mass is 358 g/mol. The maximum absolute atomic E-state index is 12.2. The number of rotatable bonds is 3. The Kier molecular flexibility index (Phi) is 4.47. The van der Waals surface area contributed by atoms with Crippen LogP contribution < -0.4 is 0 Å². The first kappa shape index (κ1) is 18.4. The van der Waals surface area contributed by atoms with Gasteiger partial charge in [0.25, 0.3) is 0 Å². The number of Topliss-reactive ketones (excluding diaryl/α,β-unsaturated/α-hetero) is 1. The molecule has 3 nitrogen and oxygen atoms in total. The van der Waals surface area contributed by atoms with Crippen molar-refractivity contribution in [1.82, 2.24) is 0 Å². The molecular weight excluding hydrogens is 324 g/mol. The van der Waals surface area contributed by atoms with E-state index in [9.17, 15) is 15.0 Å². The van der Waals surface area contributed by atoms with Crippen molar-refractivity contribution in [2.45, 2.75) is 71.8 Å². The van der Waals surface area contributed by atoms with Gasteiger partial charge in [0.2, 0.25) is 0 Å². The summed E-state index contributed by atoms with van der Waals surface area (Å²) in [4.78, 5) is 12.2. The molecule has 144 valence electrons. The summed E-state index contributed by atoms with van der Waals surface area (Å²) in [6, 6.07) is 0. The van der Waals surface area contributed by atoms with Crippen LogP contribution in [0.2, 0.25) is 0 Å². The molecule has 0 aliphatic heterocycles. The second-order valence-electron chi connectivity index (χ2n) is 9.92. The zero-order valence-electron chi connectivity index (χ0n) is 16.5. The minimum absolute atomic E-state index is 0.133. The Bertz CT molecular complexity index is 662. The molecule has 2 unspecified atom stereocenters. The van der Waals surface area contributed by atoms with Crippen LogP contribution in [0.25, 0.3) is 0 Å². The Morgan fingerprint density at radius 1 is 1.15 bits per heavy atom. The number of hydrogen-bond donors (Lipinski definition) is 2. The predicted octanol–water partition coefficient (Wildman–Crippen LogP) is 4.04. The van der Waals surface area contributed by atoms with E-state index in [2.05, 4.69) is 26.0 Å². The number of carbonyl (C=O) groups is 1. The first-order valence-corrected chi connectivity index (χ1v) is 10.5. The molecular formula is C23H34O3. The Morgan fingerprint density at radius 2 is 1.92 bits per heavy atom. The topological polar surface area (TPSA) is 57.5 Å². The van der Waals surface area contributed by atoms with E-state index in [1.165, 1.54) is 12.0 Å². The van der Waals surface area contributed by atoms with Gasteiger partial charge in [-0.2, -0.15) is 0 Å². The maximum Gasteiger partial charge on any atom is 0.133 e. The molecule has 3 fully saturated rings. The molecule has 0 saturated heterocycles. The van der Waals surface area contributed by atoms with Crippen molar-refractivity contribution in [3.05, 3.63) is 23.3 Å². The average Bonchev–Trinajstić information content (AvgIpc) is 2.97. The van der Waals surface area contributed by atoms with Crippen LogP contribution in [0.4, 0.5) is 0 Å². The Hall–Kier alpha value is -0.930. The summed E-state index contributed by atoms with van der Waals surface area (Å²) in [5, 5.41) is 19.4. The van der Waals surface area contributed by atoms with E-state index in [4.69, 9.17) is 0 Å². The molecule has 3 heteroatoms. The standard InChI is InChI=1S/C23H34O3/c1-14(25)18-6-7-19-17-5-4-16-12-15(21(26)13-24)8-10-22(16,2)20(17)9-11-23(18,19)3/h4-5,15,18-21,24,26H,6-13H2,1-3H3/t15?,18-,19+,20+,21?,22-,23-/m1/s1. The highest BCUT2D eigenvalue weighted by Gasteiger charge is 2.57. The molecule has 0 bridgehead atoms. The van der Waals surface area contributed by atoms with Gasteiger partial charge in [-0.25, -0.2) is 0 Å². The molecule has 4 aliphatic carbocycles. The number of ketones is 1. The fourth-order valence-corrected chi connectivity index (χ4v) is 7.18. The van der Waals surface area contributed by atoms with Gasteiger partial charge >= 0.3 is 0 Å². The van der Waals surface area contributed by atoms with Gasteiger partial charge < -0.3 is 10.2 Å². The normalized spacial score (nSPS) is 45.7. The molecule has 0 radical (unpaired) electrons. The highest BCUT2D eigenvalue weighted by Crippen LogP contribution is 2.65. The zero-order chi connectivity index (χ0) is 18.7. The van der Waals surface area contributed by atoms with Crippen LogP contribution in [0.5, 0.6) is 0 Å². The fraction of sp³-hybridized carbons (Fsp3) is 0.783. The van der Waals surface area contributed by atoms with Crippen LogP contribution in [0, 0.1) is 34.5 Å². The highest BCUT2D eigenvalue weighted by molar-refractivity contribution is 5.79. The maximum atomic E-state index is 12.2. The third-order valence-electron chi connectivity index (χ3n) is 8.83. The van der Waals surface area contributed by atoms with Gasteiger partial charge in [-0.3, -0.25) is 4.79 Å². The summed E-state index contributed by atoms with van der Waals surface area (Å²) >= 11 is 0. The summed E-state index contributed by atoms with van der Waals surface area (Å²) in [6.45, 7) is 6.45. The summed E-state index contributed by atoms with van der Waals surface area (Å²) in [5.41, 5.74) is 3.43. The Balaban J connectivity index is 1.65. The van der Waals surface area contributed by atoms with Crippen LogP contribution in [0.1, 0.15) is 65.7 Å². The number of aliphatic hydroxyl groups is 2. The third-order valence-corrected chi connectivity index (χ3v) is 8.83. The van der Waals surface area contributed by atoms with E-state index < -0.39 is 6.10 Å². The molecule has 4 aliphatic rings. The molecule has 0 aromatic rings. The van der Waals surface area contributed by atoms with Gasteiger partial charge in [0.15, 0.2) is 0 Å². The lowest BCUT2D eigenvalue weighted by atomic mass is 9.49. The van der Waals surface area contributed by atoms with E-state index >= 15 is 0 Å². The Morgan fingerprint density at radius 3 is 2.62 bits per heavy atom. The van der Waals surface area contributed by atoms with Crippen LogP contribution in [-0.4, -0.2) is 28.7 Å². The van der Waals surface area contributed by atoms with E-state index in [1.54, 1.807) is 12.5 Å². The van der Waals surface area contributed by atoms with Gasteiger partial charge in [-0.15, -0.1) is 0 Å². The van der Waals surface area contributed by atoms with E-state index in [0.29, 0.717) is 17.6 Å². The van der Waals surface area contributed by atoms with Crippen LogP contribution in [0.15, 0.2) is 23.3 Å². The van der Waals surface area contributed by atoms with Crippen LogP contribution in [0.3, 0.4) is 0 Å². The van der Waals surface area contributed by atoms with Gasteiger partial charge in [0, 0.05) is 5.92 Å². The summed E-state index contributed by atoms with van der Waals surface area (Å²) < 4.78 is 0. The second-order valence-corrected chi connectivity index (χ2v) is 9.92. The van der Waals surface area contributed by atoms with Crippen molar-refractivity contribution in [1.29, 1.82) is 0 Å². The Labute approximate surface area is 157 Å². The minimum atomic E-state index is -0.591. The van der Waals surface area contributed by atoms with Gasteiger partial charge in [-0.05, 0) is 80.5 Å². The molecule has 0 spiro atoms. The zero-order valence-corrected chi connectivity index (χ0v) is 16.5. The summed E-state index contributed by atoms with van der Waals surface area (Å²) in [5.74, 6) is 1.97. The molecule has 2 N–H and O–H groups in total. The SMILES string of the molecule is CC(=O)[C@H]1CC[C@H]2C3=CC=C4CC(C(O)CO)CC[C@@]4(C)[C@H]3CC[C@]12C. The van der Waals surface area contributed by atoms with Crippen molar-refractivity contribution < 1.29 is 15.0 Å². The molecule has 0 heterocycles. The average molecular weight is 359 g/mol. The van der Waals surface area contributed by atoms with Gasteiger partial charge in [0.1, 0.15) is 5.78 Å². The highest BCUT2D eigenvalue weighted by atomic mass is 16.3. The number of allylic oxidation sites excluding steroid dienone is 4. The summed E-state index contributed by atoms with van der Waals surface area (Å²) in [6.07, 6.45) is 11.7. The quantitative estimate of drug-likeness (QED) is 0.800. The lowest BCUT2D eigenvalue weighted by Gasteiger charge is -2.55. The molecule has 0 aromatic carbocycles. The van der Waals surface area contributed by atoms with Crippen molar-refractivity contribution >= 4 is 5.78 Å². The number of hydrogen-bond acceptors (Lipinski definition) is 3. The van der Waals surface area contributed by atoms with Crippen molar-refractivity contribution in [2.24, 2.45) is 34.5 Å². The fourth-order valence-electron chi connectivity index (χ4n) is 7.18. The molecule has 3 saturated carbocycles. The number of fused-ring (bicyclic) bond motifs is 5. The molecule has 0 aromatic heterocycles. The molecule has 4 rings (SSSR count). The van der Waals surface area contributed by atoms with Crippen molar-refractivity contribution in [3.8, 4) is 0 Å². The predicted molar refractivity (Wildman–Crippen MR) is 102 cm³/mol. The van der Waals surface area contributed by atoms with Gasteiger partial charge in [0.05, 0.1) is 12.7 Å². The largest absolute Gasteiger partial charge is 0.394 e. The first-order valence-electron chi connectivity index (χ1n) is 10.5.